The van der Waals surface area contributed by atoms with Gasteiger partial charge in [-0.25, -0.2) is 9.55 Å². The highest BCUT2D eigenvalue weighted by Gasteiger charge is 2.24. The van der Waals surface area contributed by atoms with Gasteiger partial charge in [0.25, 0.3) is 0 Å². The van der Waals surface area contributed by atoms with Gasteiger partial charge in [-0.15, -0.1) is 0 Å². The van der Waals surface area contributed by atoms with Gasteiger partial charge in [-0.3, -0.25) is 0 Å². The summed E-state index contributed by atoms with van der Waals surface area (Å²) in [4.78, 5) is 4.70. The second-order valence-electron chi connectivity index (χ2n) is 7.97. The van der Waals surface area contributed by atoms with Gasteiger partial charge in [0.15, 0.2) is 11.8 Å². The van der Waals surface area contributed by atoms with Crippen LogP contribution in [0.4, 0.5) is 0 Å². The van der Waals surface area contributed by atoms with Crippen LogP contribution in [0.1, 0.15) is 56.7 Å². The van der Waals surface area contributed by atoms with Crippen LogP contribution in [0.5, 0.6) is 0 Å². The van der Waals surface area contributed by atoms with Crippen LogP contribution in [-0.2, 0) is 13.5 Å². The molecule has 0 spiro atoms. The second kappa shape index (κ2) is 6.73. The molecule has 3 aromatic heterocycles. The van der Waals surface area contributed by atoms with Crippen LogP contribution in [0, 0.1) is 6.92 Å². The van der Waals surface area contributed by atoms with E-state index in [1.54, 1.807) is 0 Å². The minimum Gasteiger partial charge on any atom is -0.437 e. The molecule has 3 heterocycles. The van der Waals surface area contributed by atoms with Gasteiger partial charge in [0.05, 0.1) is 5.56 Å². The Labute approximate surface area is 167 Å². The van der Waals surface area contributed by atoms with Gasteiger partial charge in [0.2, 0.25) is 11.4 Å². The molecule has 1 aliphatic rings. The SMILES string of the molecule is [2H]C1(c2ccc(-c3c(C)ccc4c3oc3nc(CC)ccc34)[n+](C)c2)CCCC1. The van der Waals surface area contributed by atoms with Crippen LogP contribution in [0.3, 0.4) is 0 Å². The van der Waals surface area contributed by atoms with E-state index in [-0.39, 0.29) is 0 Å². The van der Waals surface area contributed by atoms with E-state index in [1.165, 1.54) is 5.56 Å². The molecular weight excluding hydrogens is 344 g/mol. The number of hydrogen-bond donors (Lipinski definition) is 0. The highest BCUT2D eigenvalue weighted by Crippen LogP contribution is 2.38. The van der Waals surface area contributed by atoms with Gasteiger partial charge in [-0.05, 0) is 55.8 Å². The molecule has 1 aliphatic carbocycles. The molecule has 142 valence electrons. The summed E-state index contributed by atoms with van der Waals surface area (Å²) in [5.41, 5.74) is 7.16. The molecule has 4 aromatic rings. The lowest BCUT2D eigenvalue weighted by Crippen LogP contribution is -2.31. The molecule has 1 saturated carbocycles. The van der Waals surface area contributed by atoms with Crippen LogP contribution in [0.15, 0.2) is 47.0 Å². The number of aryl methyl sites for hydroxylation is 3. The van der Waals surface area contributed by atoms with Crippen molar-refractivity contribution in [1.29, 1.82) is 0 Å². The summed E-state index contributed by atoms with van der Waals surface area (Å²) in [5.74, 6) is -0.433. The van der Waals surface area contributed by atoms with E-state index in [0.717, 1.165) is 71.0 Å². The van der Waals surface area contributed by atoms with Crippen molar-refractivity contribution in [1.82, 2.24) is 4.98 Å². The molecule has 0 saturated heterocycles. The fourth-order valence-corrected chi connectivity index (χ4v) is 4.54. The predicted molar refractivity (Wildman–Crippen MR) is 113 cm³/mol. The number of fused-ring (bicyclic) bond motifs is 3. The molecule has 0 amide bonds. The summed E-state index contributed by atoms with van der Waals surface area (Å²) in [7, 11) is 2.07. The first-order valence-electron chi connectivity index (χ1n) is 10.8. The first kappa shape index (κ1) is 16.3. The minimum atomic E-state index is -0.433. The number of rotatable bonds is 3. The van der Waals surface area contributed by atoms with E-state index < -0.39 is 5.89 Å². The van der Waals surface area contributed by atoms with Crippen molar-refractivity contribution in [2.45, 2.75) is 51.8 Å². The molecule has 0 atom stereocenters. The summed E-state index contributed by atoms with van der Waals surface area (Å²) >= 11 is 0. The maximum atomic E-state index is 8.84. The monoisotopic (exact) mass is 372 g/mol. The summed E-state index contributed by atoms with van der Waals surface area (Å²) < 4.78 is 17.3. The minimum absolute atomic E-state index is 0.433. The normalized spacial score (nSPS) is 16.8. The van der Waals surface area contributed by atoms with E-state index in [9.17, 15) is 0 Å². The van der Waals surface area contributed by atoms with Crippen molar-refractivity contribution in [2.24, 2.45) is 7.05 Å². The van der Waals surface area contributed by atoms with Gasteiger partial charge in [0, 0.05) is 29.5 Å². The van der Waals surface area contributed by atoms with E-state index in [1.807, 2.05) is 0 Å². The molecule has 3 nitrogen and oxygen atoms in total. The van der Waals surface area contributed by atoms with Crippen LogP contribution in [-0.4, -0.2) is 4.98 Å². The molecule has 1 aromatic carbocycles. The number of nitrogens with zero attached hydrogens (tertiary/aromatic N) is 2. The van der Waals surface area contributed by atoms with Crippen molar-refractivity contribution in [2.75, 3.05) is 0 Å². The molecule has 0 radical (unpaired) electrons. The Morgan fingerprint density at radius 3 is 2.64 bits per heavy atom. The Kier molecular flexibility index (Phi) is 3.92. The van der Waals surface area contributed by atoms with E-state index in [4.69, 9.17) is 10.8 Å². The number of benzene rings is 1. The van der Waals surface area contributed by atoms with Gasteiger partial charge in [0.1, 0.15) is 7.05 Å². The average Bonchev–Trinajstić information content (AvgIpc) is 3.32. The van der Waals surface area contributed by atoms with Crippen molar-refractivity contribution >= 4 is 22.1 Å². The quantitative estimate of drug-likeness (QED) is 0.413. The fourth-order valence-electron chi connectivity index (χ4n) is 4.54. The number of hydrogen-bond acceptors (Lipinski definition) is 2. The van der Waals surface area contributed by atoms with E-state index >= 15 is 0 Å². The predicted octanol–water partition coefficient (Wildman–Crippen LogP) is 6.00. The molecule has 0 aliphatic heterocycles. The first-order chi connectivity index (χ1) is 14.0. The molecular formula is C25H27N2O+. The van der Waals surface area contributed by atoms with Crippen LogP contribution >= 0.6 is 0 Å². The van der Waals surface area contributed by atoms with Crippen molar-refractivity contribution < 1.29 is 10.4 Å². The Bertz CT molecular complexity index is 1230. The van der Waals surface area contributed by atoms with Gasteiger partial charge < -0.3 is 4.42 Å². The van der Waals surface area contributed by atoms with Crippen molar-refractivity contribution in [3.8, 4) is 11.3 Å². The molecule has 28 heavy (non-hydrogen) atoms. The van der Waals surface area contributed by atoms with E-state index in [0.29, 0.717) is 5.71 Å². The highest BCUT2D eigenvalue weighted by molar-refractivity contribution is 6.08. The number of pyridine rings is 2. The largest absolute Gasteiger partial charge is 0.437 e. The lowest BCUT2D eigenvalue weighted by Gasteiger charge is -2.10. The molecule has 0 unspecified atom stereocenters. The third-order valence-corrected chi connectivity index (χ3v) is 6.14. The van der Waals surface area contributed by atoms with Crippen molar-refractivity contribution in [3.05, 3.63) is 59.4 Å². The summed E-state index contributed by atoms with van der Waals surface area (Å²) in [5, 5.41) is 2.17. The fraction of sp³-hybridized carbons (Fsp3) is 0.360. The smallest absolute Gasteiger partial charge is 0.227 e. The third-order valence-electron chi connectivity index (χ3n) is 6.14. The summed E-state index contributed by atoms with van der Waals surface area (Å²) in [6.45, 7) is 4.24. The second-order valence-corrected chi connectivity index (χ2v) is 7.97. The van der Waals surface area contributed by atoms with Crippen LogP contribution in [0.2, 0.25) is 0 Å². The summed E-state index contributed by atoms with van der Waals surface area (Å²) in [6.07, 6.45) is 7.25. The Hall–Kier alpha value is -2.68. The maximum Gasteiger partial charge on any atom is 0.227 e. The Morgan fingerprint density at radius 1 is 1.11 bits per heavy atom. The lowest BCUT2D eigenvalue weighted by atomic mass is 9.96. The average molecular weight is 373 g/mol. The zero-order chi connectivity index (χ0) is 20.2. The van der Waals surface area contributed by atoms with Gasteiger partial charge >= 0.3 is 0 Å². The zero-order valence-electron chi connectivity index (χ0n) is 17.9. The number of aromatic nitrogens is 2. The van der Waals surface area contributed by atoms with E-state index in [2.05, 4.69) is 68.1 Å². The van der Waals surface area contributed by atoms with Crippen molar-refractivity contribution in [3.63, 3.8) is 0 Å². The zero-order valence-corrected chi connectivity index (χ0v) is 16.9. The number of furan rings is 1. The topological polar surface area (TPSA) is 29.9 Å². The van der Waals surface area contributed by atoms with Crippen LogP contribution < -0.4 is 4.57 Å². The first-order valence-corrected chi connectivity index (χ1v) is 10.3. The van der Waals surface area contributed by atoms with Crippen LogP contribution in [0.25, 0.3) is 33.3 Å². The molecule has 1 fully saturated rings. The molecule has 5 rings (SSSR count). The molecule has 0 bridgehead atoms. The Balaban J connectivity index is 1.71. The third kappa shape index (κ3) is 2.72. The van der Waals surface area contributed by atoms with Gasteiger partial charge in [-0.1, -0.05) is 31.9 Å². The molecule has 3 heteroatoms. The lowest BCUT2D eigenvalue weighted by molar-refractivity contribution is -0.660. The standard InChI is InChI=1S/C25H27N2O/c1-4-19-11-13-21-20-12-9-16(2)23(24(20)28-25(21)26-19)22-14-10-18(15-27(22)3)17-7-5-6-8-17/h9-15,17H,4-8H2,1-3H3/q+1/i17D. The molecule has 0 N–H and O–H groups in total. The van der Waals surface area contributed by atoms with Gasteiger partial charge in [-0.2, -0.15) is 0 Å². The highest BCUT2D eigenvalue weighted by atomic mass is 16.3. The summed E-state index contributed by atoms with van der Waals surface area (Å²) in [6, 6.07) is 12.8. The maximum absolute atomic E-state index is 8.84. The Morgan fingerprint density at radius 2 is 1.89 bits per heavy atom.